The first kappa shape index (κ1) is 14.8. The standard InChI is InChI=1S/C13H15F3N6/c1-8-4-9(6-18-10(8)5-17)21-2-3-22-11(7-21)19-20-12(22)13(14,15)16/h4,6H,2-3,5,7,17H2,1H3. The average Bonchev–Trinajstić information content (AvgIpc) is 2.90. The van der Waals surface area contributed by atoms with Crippen LogP contribution in [0.3, 0.4) is 0 Å². The summed E-state index contributed by atoms with van der Waals surface area (Å²) in [5.41, 5.74) is 8.20. The van der Waals surface area contributed by atoms with Crippen molar-refractivity contribution in [3.63, 3.8) is 0 Å². The van der Waals surface area contributed by atoms with Gasteiger partial charge in [-0.15, -0.1) is 10.2 Å². The molecule has 22 heavy (non-hydrogen) atoms. The molecule has 0 aromatic carbocycles. The SMILES string of the molecule is Cc1cc(N2CCn3c(nnc3C(F)(F)F)C2)cnc1CN. The average molecular weight is 312 g/mol. The first-order chi connectivity index (χ1) is 10.4. The maximum absolute atomic E-state index is 12.8. The summed E-state index contributed by atoms with van der Waals surface area (Å²) in [4.78, 5) is 6.22. The van der Waals surface area contributed by atoms with Crippen LogP contribution in [0.4, 0.5) is 18.9 Å². The molecule has 118 valence electrons. The molecule has 0 saturated heterocycles. The van der Waals surface area contributed by atoms with Crippen LogP contribution in [0.15, 0.2) is 12.3 Å². The molecule has 0 spiro atoms. The lowest BCUT2D eigenvalue weighted by atomic mass is 10.2. The van der Waals surface area contributed by atoms with Crippen molar-refractivity contribution in [2.24, 2.45) is 5.73 Å². The van der Waals surface area contributed by atoms with E-state index in [-0.39, 0.29) is 13.1 Å². The monoisotopic (exact) mass is 312 g/mol. The Labute approximate surface area is 124 Å². The molecule has 0 atom stereocenters. The lowest BCUT2D eigenvalue weighted by Crippen LogP contribution is -2.35. The van der Waals surface area contributed by atoms with Gasteiger partial charge < -0.3 is 15.2 Å². The number of hydrogen-bond acceptors (Lipinski definition) is 5. The Balaban J connectivity index is 1.86. The Hall–Kier alpha value is -2.16. The Morgan fingerprint density at radius 3 is 2.68 bits per heavy atom. The Morgan fingerprint density at radius 2 is 2.05 bits per heavy atom. The molecule has 9 heteroatoms. The number of pyridine rings is 1. The molecule has 1 aliphatic heterocycles. The quantitative estimate of drug-likeness (QED) is 0.909. The molecule has 2 N–H and O–H groups in total. The molecule has 0 amide bonds. The highest BCUT2D eigenvalue weighted by molar-refractivity contribution is 5.48. The number of nitrogens with zero attached hydrogens (tertiary/aromatic N) is 5. The number of aryl methyl sites for hydroxylation is 1. The van der Waals surface area contributed by atoms with Crippen LogP contribution in [-0.2, 0) is 25.8 Å². The van der Waals surface area contributed by atoms with Gasteiger partial charge in [-0.05, 0) is 18.6 Å². The minimum absolute atomic E-state index is 0.189. The van der Waals surface area contributed by atoms with E-state index in [0.29, 0.717) is 18.9 Å². The van der Waals surface area contributed by atoms with Gasteiger partial charge in [0.15, 0.2) is 5.82 Å². The van der Waals surface area contributed by atoms with Gasteiger partial charge in [0.1, 0.15) is 0 Å². The summed E-state index contributed by atoms with van der Waals surface area (Å²) < 4.78 is 39.6. The van der Waals surface area contributed by atoms with Gasteiger partial charge >= 0.3 is 6.18 Å². The Kier molecular flexibility index (Phi) is 3.51. The second kappa shape index (κ2) is 5.24. The third-order valence-corrected chi connectivity index (χ3v) is 3.74. The molecule has 0 unspecified atom stereocenters. The predicted molar refractivity (Wildman–Crippen MR) is 72.9 cm³/mol. The van der Waals surface area contributed by atoms with E-state index in [1.165, 1.54) is 0 Å². The van der Waals surface area contributed by atoms with Crippen LogP contribution in [0.2, 0.25) is 0 Å². The number of nitrogens with two attached hydrogens (primary N) is 1. The van der Waals surface area contributed by atoms with Crippen LogP contribution in [0.1, 0.15) is 22.9 Å². The van der Waals surface area contributed by atoms with Gasteiger partial charge in [-0.2, -0.15) is 13.2 Å². The third-order valence-electron chi connectivity index (χ3n) is 3.74. The summed E-state index contributed by atoms with van der Waals surface area (Å²) >= 11 is 0. The summed E-state index contributed by atoms with van der Waals surface area (Å²) in [6.45, 7) is 3.17. The number of alkyl halides is 3. The van der Waals surface area contributed by atoms with Gasteiger partial charge in [0.2, 0.25) is 5.82 Å². The summed E-state index contributed by atoms with van der Waals surface area (Å²) in [6.07, 6.45) is -2.79. The molecule has 3 heterocycles. The minimum atomic E-state index is -4.48. The second-order valence-electron chi connectivity index (χ2n) is 5.17. The number of rotatable bonds is 2. The van der Waals surface area contributed by atoms with Crippen LogP contribution in [0, 0.1) is 6.92 Å². The van der Waals surface area contributed by atoms with Crippen molar-refractivity contribution in [2.45, 2.75) is 32.7 Å². The molecule has 0 bridgehead atoms. The number of halogens is 3. The predicted octanol–water partition coefficient (Wildman–Crippen LogP) is 1.48. The zero-order chi connectivity index (χ0) is 15.9. The molecular formula is C13H15F3N6. The minimum Gasteiger partial charge on any atom is -0.361 e. The molecule has 6 nitrogen and oxygen atoms in total. The molecule has 0 saturated carbocycles. The highest BCUT2D eigenvalue weighted by Crippen LogP contribution is 2.30. The summed E-state index contributed by atoms with van der Waals surface area (Å²) in [6, 6.07) is 1.94. The van der Waals surface area contributed by atoms with E-state index in [4.69, 9.17) is 5.73 Å². The van der Waals surface area contributed by atoms with Crippen molar-refractivity contribution in [3.8, 4) is 0 Å². The van der Waals surface area contributed by atoms with E-state index in [9.17, 15) is 13.2 Å². The molecule has 0 radical (unpaired) electrons. The topological polar surface area (TPSA) is 72.9 Å². The lowest BCUT2D eigenvalue weighted by Gasteiger charge is -2.30. The number of hydrogen-bond donors (Lipinski definition) is 1. The third kappa shape index (κ3) is 2.52. The number of anilines is 1. The van der Waals surface area contributed by atoms with Crippen molar-refractivity contribution < 1.29 is 13.2 Å². The van der Waals surface area contributed by atoms with Gasteiger partial charge in [-0.3, -0.25) is 4.98 Å². The van der Waals surface area contributed by atoms with Gasteiger partial charge in [0.25, 0.3) is 0 Å². The zero-order valence-electron chi connectivity index (χ0n) is 11.9. The van der Waals surface area contributed by atoms with E-state index < -0.39 is 12.0 Å². The van der Waals surface area contributed by atoms with Crippen LogP contribution >= 0.6 is 0 Å². The highest BCUT2D eigenvalue weighted by atomic mass is 19.4. The van der Waals surface area contributed by atoms with Crippen molar-refractivity contribution in [2.75, 3.05) is 11.4 Å². The molecule has 0 aliphatic carbocycles. The van der Waals surface area contributed by atoms with Gasteiger partial charge in [-0.1, -0.05) is 0 Å². The van der Waals surface area contributed by atoms with E-state index in [2.05, 4.69) is 15.2 Å². The molecule has 0 fully saturated rings. The van der Waals surface area contributed by atoms with Gasteiger partial charge in [-0.25, -0.2) is 0 Å². The smallest absolute Gasteiger partial charge is 0.361 e. The van der Waals surface area contributed by atoms with Gasteiger partial charge in [0, 0.05) is 19.6 Å². The first-order valence-electron chi connectivity index (χ1n) is 6.80. The van der Waals surface area contributed by atoms with Crippen LogP contribution in [0.25, 0.3) is 0 Å². The number of aromatic nitrogens is 4. The first-order valence-corrected chi connectivity index (χ1v) is 6.80. The van der Waals surface area contributed by atoms with Crippen molar-refractivity contribution in [1.29, 1.82) is 0 Å². The molecule has 1 aliphatic rings. The van der Waals surface area contributed by atoms with E-state index in [0.717, 1.165) is 21.5 Å². The summed E-state index contributed by atoms with van der Waals surface area (Å²) in [5.74, 6) is -0.630. The van der Waals surface area contributed by atoms with Crippen molar-refractivity contribution in [1.82, 2.24) is 19.7 Å². The van der Waals surface area contributed by atoms with Crippen molar-refractivity contribution >= 4 is 5.69 Å². The fourth-order valence-electron chi connectivity index (χ4n) is 2.56. The van der Waals surface area contributed by atoms with Crippen molar-refractivity contribution in [3.05, 3.63) is 35.2 Å². The fraction of sp³-hybridized carbons (Fsp3) is 0.462. The Morgan fingerprint density at radius 1 is 1.27 bits per heavy atom. The van der Waals surface area contributed by atoms with Crippen LogP contribution in [-0.4, -0.2) is 26.3 Å². The van der Waals surface area contributed by atoms with Crippen LogP contribution < -0.4 is 10.6 Å². The number of fused-ring (bicyclic) bond motifs is 1. The maximum Gasteiger partial charge on any atom is 0.451 e. The van der Waals surface area contributed by atoms with E-state index >= 15 is 0 Å². The fourth-order valence-corrected chi connectivity index (χ4v) is 2.56. The highest BCUT2D eigenvalue weighted by Gasteiger charge is 2.39. The molecular weight excluding hydrogens is 297 g/mol. The maximum atomic E-state index is 12.8. The van der Waals surface area contributed by atoms with Gasteiger partial charge in [0.05, 0.1) is 24.1 Å². The molecule has 2 aromatic heterocycles. The molecule has 3 rings (SSSR count). The zero-order valence-corrected chi connectivity index (χ0v) is 11.9. The second-order valence-corrected chi connectivity index (χ2v) is 5.17. The summed E-state index contributed by atoms with van der Waals surface area (Å²) in [7, 11) is 0. The normalized spacial score (nSPS) is 15.0. The summed E-state index contributed by atoms with van der Waals surface area (Å²) in [5, 5.41) is 6.94. The van der Waals surface area contributed by atoms with Crippen LogP contribution in [0.5, 0.6) is 0 Å². The van der Waals surface area contributed by atoms with E-state index in [1.54, 1.807) is 6.20 Å². The molecule has 2 aromatic rings. The van der Waals surface area contributed by atoms with E-state index in [1.807, 2.05) is 17.9 Å². The lowest BCUT2D eigenvalue weighted by molar-refractivity contribution is -0.147. The Bertz CT molecular complexity index is 694. The largest absolute Gasteiger partial charge is 0.451 e.